The molecule has 5 heterocycles. The molecule has 4 aliphatic heterocycles. The fraction of sp³-hybridized carbons (Fsp3) is 0.500. The molecule has 3 aromatic rings. The Labute approximate surface area is 227 Å². The van der Waals surface area contributed by atoms with Gasteiger partial charge in [-0.05, 0) is 86.1 Å². The van der Waals surface area contributed by atoms with Crippen LogP contribution in [-0.2, 0) is 19.2 Å². The second kappa shape index (κ2) is 9.07. The smallest absolute Gasteiger partial charge is 0.205 e. The number of ether oxygens (including phenoxy) is 3. The van der Waals surface area contributed by atoms with E-state index in [1.807, 2.05) is 61.5 Å². The molecule has 0 unspecified atom stereocenters. The number of aromatic amines is 1. The minimum atomic E-state index is -0.793. The van der Waals surface area contributed by atoms with Crippen molar-refractivity contribution < 1.29 is 24.0 Å². The maximum absolute atomic E-state index is 6.56. The Morgan fingerprint density at radius 2 is 1.71 bits per heavy atom. The molecule has 1 aromatic heterocycles. The molecule has 4 saturated heterocycles. The lowest BCUT2D eigenvalue weighted by Gasteiger charge is -2.60. The molecule has 1 spiro atoms. The second-order valence-electron chi connectivity index (χ2n) is 11.6. The predicted octanol–water partition coefficient (Wildman–Crippen LogP) is 6.98. The van der Waals surface area contributed by atoms with Crippen molar-refractivity contribution >= 4 is 11.6 Å². The van der Waals surface area contributed by atoms with E-state index in [4.69, 9.17) is 35.6 Å². The van der Waals surface area contributed by atoms with E-state index in [0.29, 0.717) is 16.9 Å². The molecule has 7 nitrogen and oxygen atoms in total. The number of benzene rings is 2. The van der Waals surface area contributed by atoms with Crippen LogP contribution in [0, 0.1) is 23.7 Å². The Morgan fingerprint density at radius 3 is 2.50 bits per heavy atom. The first kappa shape index (κ1) is 24.6. The van der Waals surface area contributed by atoms with Crippen LogP contribution >= 0.6 is 11.6 Å². The van der Waals surface area contributed by atoms with Gasteiger partial charge in [0.05, 0.1) is 11.4 Å². The highest BCUT2D eigenvalue weighted by molar-refractivity contribution is 6.30. The van der Waals surface area contributed by atoms with E-state index in [-0.39, 0.29) is 11.8 Å². The number of fused-ring (bicyclic) bond motifs is 2. The minimum Gasteiger partial charge on any atom is -0.465 e. The van der Waals surface area contributed by atoms with Crippen LogP contribution in [0.25, 0.3) is 22.5 Å². The van der Waals surface area contributed by atoms with Gasteiger partial charge in [0.15, 0.2) is 11.9 Å². The topological polar surface area (TPSA) is 74.8 Å². The fourth-order valence-corrected chi connectivity index (χ4v) is 7.22. The van der Waals surface area contributed by atoms with Gasteiger partial charge in [0.2, 0.25) is 12.1 Å². The SMILES string of the molecule is C[C@H]1[C@H](Oc2ccc(-c3cc(-c4ccc(Cl)cc4)[nH]n3)cc2)O[C@@H]2O[C@@]3(C)CC[C@H]4[C@H](C)CC[C@@H]1[C@@]24OO3. The quantitative estimate of drug-likeness (QED) is 0.362. The number of halogens is 1. The predicted molar refractivity (Wildman–Crippen MR) is 142 cm³/mol. The Kier molecular flexibility index (Phi) is 5.87. The van der Waals surface area contributed by atoms with Crippen LogP contribution in [0.2, 0.25) is 5.02 Å². The molecule has 2 aromatic carbocycles. The normalized spacial score (nSPS) is 37.9. The van der Waals surface area contributed by atoms with E-state index in [2.05, 4.69) is 24.0 Å². The molecule has 8 rings (SSSR count). The lowest BCUT2D eigenvalue weighted by molar-refractivity contribution is -0.575. The van der Waals surface area contributed by atoms with E-state index in [9.17, 15) is 0 Å². The molecule has 0 radical (unpaired) electrons. The molecule has 8 heteroatoms. The average Bonchev–Trinajstić information content (AvgIpc) is 3.30. The number of rotatable bonds is 4. The van der Waals surface area contributed by atoms with Crippen LogP contribution < -0.4 is 4.74 Å². The number of hydrogen-bond donors (Lipinski definition) is 1. The summed E-state index contributed by atoms with van der Waals surface area (Å²) in [4.78, 5) is 12.2. The molecule has 5 aliphatic rings. The summed E-state index contributed by atoms with van der Waals surface area (Å²) in [5.41, 5.74) is 3.25. The zero-order chi connectivity index (χ0) is 26.1. The van der Waals surface area contributed by atoms with Crippen LogP contribution in [0.1, 0.15) is 46.5 Å². The molecular weight excluding hydrogens is 504 g/mol. The summed E-state index contributed by atoms with van der Waals surface area (Å²) >= 11 is 6.02. The Bertz CT molecular complexity index is 1310. The fourth-order valence-electron chi connectivity index (χ4n) is 7.09. The molecule has 8 atom stereocenters. The van der Waals surface area contributed by atoms with Gasteiger partial charge in [-0.1, -0.05) is 37.6 Å². The van der Waals surface area contributed by atoms with Crippen LogP contribution in [-0.4, -0.2) is 34.2 Å². The van der Waals surface area contributed by atoms with Gasteiger partial charge in [0.1, 0.15) is 5.75 Å². The van der Waals surface area contributed by atoms with E-state index < -0.39 is 24.0 Å². The van der Waals surface area contributed by atoms with E-state index in [0.717, 1.165) is 53.9 Å². The average molecular weight is 537 g/mol. The van der Waals surface area contributed by atoms with E-state index >= 15 is 0 Å². The lowest BCUT2D eigenvalue weighted by atomic mass is 9.58. The van der Waals surface area contributed by atoms with Gasteiger partial charge in [-0.2, -0.15) is 5.10 Å². The summed E-state index contributed by atoms with van der Waals surface area (Å²) in [6.45, 7) is 6.47. The molecule has 0 amide bonds. The third-order valence-corrected chi connectivity index (χ3v) is 9.48. The number of aromatic nitrogens is 2. The molecule has 2 bridgehead atoms. The van der Waals surface area contributed by atoms with Crippen molar-refractivity contribution in [3.05, 3.63) is 59.6 Å². The van der Waals surface area contributed by atoms with Crippen LogP contribution in [0.5, 0.6) is 5.75 Å². The van der Waals surface area contributed by atoms with Crippen molar-refractivity contribution in [1.29, 1.82) is 0 Å². The lowest BCUT2D eigenvalue weighted by Crippen LogP contribution is -2.70. The molecule has 38 heavy (non-hydrogen) atoms. The maximum atomic E-state index is 6.56. The number of H-pyrrole nitrogens is 1. The first-order valence-corrected chi connectivity index (χ1v) is 14.0. The molecule has 1 saturated carbocycles. The summed E-state index contributed by atoms with van der Waals surface area (Å²) in [7, 11) is 0. The third-order valence-electron chi connectivity index (χ3n) is 9.23. The zero-order valence-electron chi connectivity index (χ0n) is 21.9. The minimum absolute atomic E-state index is 0.115. The number of hydrogen-bond acceptors (Lipinski definition) is 6. The van der Waals surface area contributed by atoms with Crippen molar-refractivity contribution in [1.82, 2.24) is 10.2 Å². The van der Waals surface area contributed by atoms with E-state index in [1.54, 1.807) is 0 Å². The second-order valence-corrected chi connectivity index (χ2v) is 12.0. The van der Waals surface area contributed by atoms with Gasteiger partial charge in [-0.3, -0.25) is 5.10 Å². The highest BCUT2D eigenvalue weighted by Gasteiger charge is 2.69. The highest BCUT2D eigenvalue weighted by atomic mass is 35.5. The van der Waals surface area contributed by atoms with Crippen molar-refractivity contribution in [2.24, 2.45) is 23.7 Å². The van der Waals surface area contributed by atoms with Crippen LogP contribution in [0.15, 0.2) is 54.6 Å². The zero-order valence-corrected chi connectivity index (χ0v) is 22.6. The van der Waals surface area contributed by atoms with Crippen molar-refractivity contribution in [3.63, 3.8) is 0 Å². The molecular formula is C30H33ClN2O5. The monoisotopic (exact) mass is 536 g/mol. The molecule has 1 aliphatic carbocycles. The summed E-state index contributed by atoms with van der Waals surface area (Å²) < 4.78 is 19.5. The van der Waals surface area contributed by atoms with Crippen LogP contribution in [0.3, 0.4) is 0 Å². The van der Waals surface area contributed by atoms with Crippen LogP contribution in [0.4, 0.5) is 0 Å². The summed E-state index contributed by atoms with van der Waals surface area (Å²) in [5, 5.41) is 8.33. The van der Waals surface area contributed by atoms with Gasteiger partial charge in [0, 0.05) is 28.8 Å². The highest BCUT2D eigenvalue weighted by Crippen LogP contribution is 2.60. The Morgan fingerprint density at radius 1 is 0.947 bits per heavy atom. The first-order valence-electron chi connectivity index (χ1n) is 13.6. The molecule has 200 valence electrons. The summed E-state index contributed by atoms with van der Waals surface area (Å²) in [6.07, 6.45) is 3.06. The standard InChI is InChI=1S/C30H33ClN2O5/c1-17-4-13-24-18(2)27(35-28-30(24)23(17)14-15-29(3,36-28)37-38-30)34-22-11-7-20(8-12-22)26-16-25(32-33-26)19-5-9-21(31)10-6-19/h5-12,16-18,23-24,27-28H,4,13-15H2,1-3H3,(H,32,33)/t17-,18-,23+,24+,27-,28-,29-,30-/m1/s1. The number of nitrogens with zero attached hydrogens (tertiary/aromatic N) is 1. The Balaban J connectivity index is 1.10. The largest absolute Gasteiger partial charge is 0.465 e. The third kappa shape index (κ3) is 3.90. The van der Waals surface area contributed by atoms with Gasteiger partial charge in [0.25, 0.3) is 0 Å². The van der Waals surface area contributed by atoms with Crippen molar-refractivity contribution in [2.75, 3.05) is 0 Å². The first-order chi connectivity index (χ1) is 18.3. The maximum Gasteiger partial charge on any atom is 0.205 e. The summed E-state index contributed by atoms with van der Waals surface area (Å²) in [6, 6.07) is 17.7. The van der Waals surface area contributed by atoms with Gasteiger partial charge in [-0.15, -0.1) is 0 Å². The van der Waals surface area contributed by atoms with Crippen molar-refractivity contribution in [3.8, 4) is 28.3 Å². The van der Waals surface area contributed by atoms with Gasteiger partial charge in [-0.25, -0.2) is 9.78 Å². The van der Waals surface area contributed by atoms with Gasteiger partial charge < -0.3 is 14.2 Å². The summed E-state index contributed by atoms with van der Waals surface area (Å²) in [5.74, 6) is 1.17. The van der Waals surface area contributed by atoms with Gasteiger partial charge >= 0.3 is 0 Å². The number of nitrogens with one attached hydrogen (secondary N) is 1. The molecule has 5 fully saturated rings. The van der Waals surface area contributed by atoms with E-state index in [1.165, 1.54) is 0 Å². The molecule has 1 N–H and O–H groups in total. The van der Waals surface area contributed by atoms with Crippen molar-refractivity contribution in [2.45, 2.75) is 70.4 Å². The Hall–Kier alpha value is -2.42.